The molecular formula is C13H19BrFN. The van der Waals surface area contributed by atoms with Gasteiger partial charge < -0.3 is 0 Å². The van der Waals surface area contributed by atoms with Crippen molar-refractivity contribution in [3.05, 3.63) is 35.1 Å². The van der Waals surface area contributed by atoms with E-state index in [2.05, 4.69) is 27.8 Å². The first kappa shape index (κ1) is 13.7. The minimum absolute atomic E-state index is 0.148. The summed E-state index contributed by atoms with van der Waals surface area (Å²) in [6, 6.07) is 5.04. The van der Waals surface area contributed by atoms with Crippen LogP contribution in [0.25, 0.3) is 0 Å². The molecule has 3 heteroatoms. The highest BCUT2D eigenvalue weighted by Gasteiger charge is 2.06. The van der Waals surface area contributed by atoms with E-state index in [9.17, 15) is 4.39 Å². The summed E-state index contributed by atoms with van der Waals surface area (Å²) >= 11 is 3.44. The standard InChI is InChI=1S/C13H19BrFN/c1-3-16(8-4-7-14)10-12-5-6-13(15)9-11(12)2/h5-6,9H,3-4,7-8,10H2,1-2H3. The fourth-order valence-electron chi connectivity index (χ4n) is 1.71. The largest absolute Gasteiger partial charge is 0.299 e. The molecule has 0 fully saturated rings. The van der Waals surface area contributed by atoms with E-state index in [1.807, 2.05) is 13.0 Å². The molecule has 0 aliphatic carbocycles. The van der Waals surface area contributed by atoms with Gasteiger partial charge in [0.25, 0.3) is 0 Å². The maximum atomic E-state index is 12.9. The Morgan fingerprint density at radius 3 is 2.69 bits per heavy atom. The van der Waals surface area contributed by atoms with Crippen molar-refractivity contribution in [2.45, 2.75) is 26.8 Å². The third kappa shape index (κ3) is 4.22. The predicted molar refractivity (Wildman–Crippen MR) is 70.5 cm³/mol. The highest BCUT2D eigenvalue weighted by molar-refractivity contribution is 9.09. The fraction of sp³-hybridized carbons (Fsp3) is 0.538. The lowest BCUT2D eigenvalue weighted by Crippen LogP contribution is -2.24. The van der Waals surface area contributed by atoms with Crippen molar-refractivity contribution < 1.29 is 4.39 Å². The van der Waals surface area contributed by atoms with Crippen molar-refractivity contribution in [1.29, 1.82) is 0 Å². The molecule has 0 unspecified atom stereocenters. The average molecular weight is 288 g/mol. The van der Waals surface area contributed by atoms with Crippen LogP contribution in [0.2, 0.25) is 0 Å². The van der Waals surface area contributed by atoms with Crippen LogP contribution in [-0.2, 0) is 6.54 Å². The number of alkyl halides is 1. The summed E-state index contributed by atoms with van der Waals surface area (Å²) in [6.45, 7) is 7.15. The topological polar surface area (TPSA) is 3.24 Å². The van der Waals surface area contributed by atoms with E-state index in [-0.39, 0.29) is 5.82 Å². The third-order valence-electron chi connectivity index (χ3n) is 2.75. The van der Waals surface area contributed by atoms with Crippen LogP contribution < -0.4 is 0 Å². The molecule has 1 aromatic rings. The molecular weight excluding hydrogens is 269 g/mol. The van der Waals surface area contributed by atoms with Gasteiger partial charge >= 0.3 is 0 Å². The molecule has 0 N–H and O–H groups in total. The van der Waals surface area contributed by atoms with Crippen LogP contribution >= 0.6 is 15.9 Å². The number of hydrogen-bond acceptors (Lipinski definition) is 1. The summed E-state index contributed by atoms with van der Waals surface area (Å²) in [5, 5.41) is 1.03. The smallest absolute Gasteiger partial charge is 0.123 e. The van der Waals surface area contributed by atoms with Gasteiger partial charge in [0.05, 0.1) is 0 Å². The van der Waals surface area contributed by atoms with Crippen molar-refractivity contribution in [2.24, 2.45) is 0 Å². The Bertz CT molecular complexity index is 328. The van der Waals surface area contributed by atoms with Crippen molar-refractivity contribution in [1.82, 2.24) is 4.90 Å². The second-order valence-electron chi connectivity index (χ2n) is 3.98. The van der Waals surface area contributed by atoms with Gasteiger partial charge in [-0.25, -0.2) is 4.39 Å². The number of hydrogen-bond donors (Lipinski definition) is 0. The van der Waals surface area contributed by atoms with Crippen molar-refractivity contribution in [3.63, 3.8) is 0 Å². The maximum Gasteiger partial charge on any atom is 0.123 e. The lowest BCUT2D eigenvalue weighted by molar-refractivity contribution is 0.281. The molecule has 0 amide bonds. The van der Waals surface area contributed by atoms with E-state index in [4.69, 9.17) is 0 Å². The first-order valence-corrected chi connectivity index (χ1v) is 6.83. The van der Waals surface area contributed by atoms with Gasteiger partial charge in [-0.15, -0.1) is 0 Å². The van der Waals surface area contributed by atoms with Crippen LogP contribution in [0, 0.1) is 12.7 Å². The maximum absolute atomic E-state index is 12.9. The Morgan fingerprint density at radius 2 is 2.12 bits per heavy atom. The van der Waals surface area contributed by atoms with E-state index in [0.29, 0.717) is 0 Å². The van der Waals surface area contributed by atoms with Crippen LogP contribution in [0.5, 0.6) is 0 Å². The molecule has 0 atom stereocenters. The Hall–Kier alpha value is -0.410. The van der Waals surface area contributed by atoms with Crippen LogP contribution in [-0.4, -0.2) is 23.3 Å². The minimum Gasteiger partial charge on any atom is -0.299 e. The lowest BCUT2D eigenvalue weighted by Gasteiger charge is -2.21. The monoisotopic (exact) mass is 287 g/mol. The van der Waals surface area contributed by atoms with Crippen molar-refractivity contribution in [3.8, 4) is 0 Å². The first-order valence-electron chi connectivity index (χ1n) is 5.70. The lowest BCUT2D eigenvalue weighted by atomic mass is 10.1. The Morgan fingerprint density at radius 1 is 1.38 bits per heavy atom. The molecule has 1 rings (SSSR count). The van der Waals surface area contributed by atoms with E-state index in [1.165, 1.54) is 5.56 Å². The minimum atomic E-state index is -0.148. The quantitative estimate of drug-likeness (QED) is 0.721. The van der Waals surface area contributed by atoms with Crippen molar-refractivity contribution >= 4 is 15.9 Å². The van der Waals surface area contributed by atoms with E-state index < -0.39 is 0 Å². The van der Waals surface area contributed by atoms with Gasteiger partial charge in [0, 0.05) is 11.9 Å². The van der Waals surface area contributed by atoms with Gasteiger partial charge in [-0.1, -0.05) is 28.9 Å². The summed E-state index contributed by atoms with van der Waals surface area (Å²) in [5.41, 5.74) is 2.26. The second-order valence-corrected chi connectivity index (χ2v) is 4.78. The van der Waals surface area contributed by atoms with Gasteiger partial charge in [-0.3, -0.25) is 4.90 Å². The number of halogens is 2. The van der Waals surface area contributed by atoms with E-state index in [1.54, 1.807) is 12.1 Å². The molecule has 16 heavy (non-hydrogen) atoms. The van der Waals surface area contributed by atoms with E-state index in [0.717, 1.165) is 36.9 Å². The summed E-state index contributed by atoms with van der Waals surface area (Å²) < 4.78 is 12.9. The fourth-order valence-corrected chi connectivity index (χ4v) is 1.96. The first-order chi connectivity index (χ1) is 7.67. The third-order valence-corrected chi connectivity index (χ3v) is 3.31. The normalized spacial score (nSPS) is 11.1. The SMILES string of the molecule is CCN(CCCBr)Cc1ccc(F)cc1C. The van der Waals surface area contributed by atoms with Crippen molar-refractivity contribution in [2.75, 3.05) is 18.4 Å². The van der Waals surface area contributed by atoms with E-state index >= 15 is 0 Å². The molecule has 0 spiro atoms. The van der Waals surface area contributed by atoms with Gasteiger partial charge in [0.1, 0.15) is 5.82 Å². The van der Waals surface area contributed by atoms with Crippen LogP contribution in [0.15, 0.2) is 18.2 Å². The van der Waals surface area contributed by atoms with Gasteiger partial charge in [0.15, 0.2) is 0 Å². The Balaban J connectivity index is 2.62. The van der Waals surface area contributed by atoms with Gasteiger partial charge in [-0.2, -0.15) is 0 Å². The molecule has 0 saturated heterocycles. The zero-order chi connectivity index (χ0) is 12.0. The second kappa shape index (κ2) is 7.02. The Kier molecular flexibility index (Phi) is 5.99. The highest BCUT2D eigenvalue weighted by atomic mass is 79.9. The molecule has 0 radical (unpaired) electrons. The predicted octanol–water partition coefficient (Wildman–Crippen LogP) is 3.74. The molecule has 0 aliphatic rings. The molecule has 90 valence electrons. The summed E-state index contributed by atoms with van der Waals surface area (Å²) in [6.07, 6.45) is 1.15. The van der Waals surface area contributed by atoms with Crippen LogP contribution in [0.3, 0.4) is 0 Å². The molecule has 0 aliphatic heterocycles. The molecule has 0 aromatic heterocycles. The molecule has 0 heterocycles. The molecule has 0 bridgehead atoms. The summed E-state index contributed by atoms with van der Waals surface area (Å²) in [7, 11) is 0. The zero-order valence-electron chi connectivity index (χ0n) is 9.97. The number of aryl methyl sites for hydroxylation is 1. The Labute approximate surface area is 106 Å². The summed E-state index contributed by atoms with van der Waals surface area (Å²) in [4.78, 5) is 2.38. The summed E-state index contributed by atoms with van der Waals surface area (Å²) in [5.74, 6) is -0.148. The average Bonchev–Trinajstić information content (AvgIpc) is 2.27. The number of nitrogens with zero attached hydrogens (tertiary/aromatic N) is 1. The molecule has 1 aromatic carbocycles. The highest BCUT2D eigenvalue weighted by Crippen LogP contribution is 2.13. The van der Waals surface area contributed by atoms with Crippen LogP contribution in [0.4, 0.5) is 4.39 Å². The number of benzene rings is 1. The van der Waals surface area contributed by atoms with Gasteiger partial charge in [0.2, 0.25) is 0 Å². The number of rotatable bonds is 6. The molecule has 0 saturated carbocycles. The molecule has 1 nitrogen and oxygen atoms in total. The van der Waals surface area contributed by atoms with Crippen LogP contribution in [0.1, 0.15) is 24.5 Å². The zero-order valence-corrected chi connectivity index (χ0v) is 11.6. The van der Waals surface area contributed by atoms with Gasteiger partial charge in [-0.05, 0) is 49.7 Å².